The van der Waals surface area contributed by atoms with Crippen molar-refractivity contribution in [3.8, 4) is 0 Å². The van der Waals surface area contributed by atoms with Crippen LogP contribution in [-0.4, -0.2) is 4.89 Å². The zero-order chi connectivity index (χ0) is 10.6. The first-order chi connectivity index (χ1) is 6.49. The zero-order valence-corrected chi connectivity index (χ0v) is 10.6. The minimum atomic E-state index is -3.00. The highest BCUT2D eigenvalue weighted by Gasteiger charge is 2.26. The predicted molar refractivity (Wildman–Crippen MR) is 64.3 cm³/mol. The van der Waals surface area contributed by atoms with E-state index in [2.05, 4.69) is 12.2 Å². The van der Waals surface area contributed by atoms with Gasteiger partial charge in [0, 0.05) is 0 Å². The molecule has 0 fully saturated rings. The van der Waals surface area contributed by atoms with Gasteiger partial charge in [-0.1, -0.05) is 34.6 Å². The summed E-state index contributed by atoms with van der Waals surface area (Å²) in [7, 11) is -2.15. The highest BCUT2D eigenvalue weighted by atomic mass is 32.7. The molecule has 0 bridgehead atoms. The van der Waals surface area contributed by atoms with Gasteiger partial charge in [0.1, 0.15) is 12.2 Å². The predicted octanol–water partition coefficient (Wildman–Crippen LogP) is 3.09. The fraction of sp³-hybridized carbons (Fsp3) is 0.143. The molecule has 0 aliphatic rings. The molecule has 0 saturated carbocycles. The lowest BCUT2D eigenvalue weighted by molar-refractivity contribution is 0.480. The molecule has 0 heterocycles. The van der Waals surface area contributed by atoms with Gasteiger partial charge in [0.25, 0.3) is 0 Å². The molecular weight excluding hydrogens is 258 g/mol. The van der Waals surface area contributed by atoms with Gasteiger partial charge in [-0.2, -0.15) is 0 Å². The lowest BCUT2D eigenvalue weighted by Gasteiger charge is -2.06. The Bertz CT molecular complexity index is 368. The molecule has 0 amide bonds. The van der Waals surface area contributed by atoms with Crippen molar-refractivity contribution >= 4 is 37.8 Å². The first kappa shape index (κ1) is 12.3. The number of hydrogen-bond acceptors (Lipinski definition) is 3. The topological polar surface area (TPSA) is 46.5 Å². The van der Waals surface area contributed by atoms with Crippen LogP contribution in [0.1, 0.15) is 5.56 Å². The normalized spacial score (nSPS) is 16.0. The summed E-state index contributed by atoms with van der Waals surface area (Å²) in [5, 5.41) is 0. The first-order valence-corrected chi connectivity index (χ1v) is 8.90. The molecule has 76 valence electrons. The Balaban J connectivity index is 2.69. The summed E-state index contributed by atoms with van der Waals surface area (Å²) in [6, 6.07) is 9.19. The largest absolute Gasteiger partial charge is 0.588 e. The summed E-state index contributed by atoms with van der Waals surface area (Å²) < 4.78 is 15.3. The van der Waals surface area contributed by atoms with Crippen LogP contribution in [-0.2, 0) is 26.8 Å². The van der Waals surface area contributed by atoms with E-state index in [1.54, 1.807) is 0 Å². The van der Waals surface area contributed by atoms with Crippen LogP contribution in [0.25, 0.3) is 0 Å². The van der Waals surface area contributed by atoms with Crippen molar-refractivity contribution in [3.05, 3.63) is 35.9 Å². The third-order valence-electron chi connectivity index (χ3n) is 1.42. The van der Waals surface area contributed by atoms with Gasteiger partial charge < -0.3 is 4.89 Å². The molecule has 0 spiro atoms. The van der Waals surface area contributed by atoms with Gasteiger partial charge >= 0.3 is 7.23 Å². The monoisotopic (exact) mass is 267 g/mol. The molecule has 0 radical (unpaired) electrons. The maximum absolute atomic E-state index is 10.6. The number of rotatable bonds is 4. The van der Waals surface area contributed by atoms with Crippen LogP contribution < -0.4 is 0 Å². The van der Waals surface area contributed by atoms with Crippen molar-refractivity contribution in [2.45, 2.75) is 6.16 Å². The van der Waals surface area contributed by atoms with E-state index in [0.29, 0.717) is 0 Å². The summed E-state index contributed by atoms with van der Waals surface area (Å²) in [5.74, 6) is 0. The van der Waals surface area contributed by atoms with Crippen LogP contribution in [0.5, 0.6) is 0 Å². The Morgan fingerprint density at radius 3 is 2.57 bits per heavy atom. The highest BCUT2D eigenvalue weighted by Crippen LogP contribution is 2.55. The van der Waals surface area contributed by atoms with Crippen LogP contribution in [0.4, 0.5) is 0 Å². The molecule has 2 atom stereocenters. The second kappa shape index (κ2) is 5.36. The third-order valence-corrected chi connectivity index (χ3v) is 5.41. The molecular formula is C7H9O3P2S2+. The van der Waals surface area contributed by atoms with Gasteiger partial charge in [0.2, 0.25) is 6.49 Å². The Morgan fingerprint density at radius 2 is 2.07 bits per heavy atom. The van der Waals surface area contributed by atoms with Gasteiger partial charge in [-0.25, -0.2) is 0 Å². The zero-order valence-electron chi connectivity index (χ0n) is 7.11. The Hall–Kier alpha value is 0.240. The first-order valence-electron chi connectivity index (χ1n) is 3.71. The van der Waals surface area contributed by atoms with E-state index < -0.39 is 13.7 Å². The van der Waals surface area contributed by atoms with E-state index in [1.807, 2.05) is 30.3 Å². The fourth-order valence-electron chi connectivity index (χ4n) is 0.952. The summed E-state index contributed by atoms with van der Waals surface area (Å²) in [6.07, 6.45) is 0.213. The third kappa shape index (κ3) is 4.65. The second-order valence-corrected chi connectivity index (χ2v) is 8.01. The molecule has 1 aromatic carbocycles. The second-order valence-electron chi connectivity index (χ2n) is 2.60. The number of thiol groups is 1. The molecule has 0 saturated heterocycles. The Morgan fingerprint density at radius 1 is 1.50 bits per heavy atom. The molecule has 0 aromatic heterocycles. The average Bonchev–Trinajstić information content (AvgIpc) is 2.02. The van der Waals surface area contributed by atoms with E-state index >= 15 is 0 Å². The molecule has 2 unspecified atom stereocenters. The quantitative estimate of drug-likeness (QED) is 0.650. The van der Waals surface area contributed by atoms with Crippen LogP contribution >= 0.6 is 26.0 Å². The minimum Gasteiger partial charge on any atom is -0.342 e. The van der Waals surface area contributed by atoms with E-state index in [1.165, 1.54) is 0 Å². The van der Waals surface area contributed by atoms with E-state index in [0.717, 1.165) is 5.56 Å². The van der Waals surface area contributed by atoms with Gasteiger partial charge in [-0.05, 0) is 21.9 Å². The van der Waals surface area contributed by atoms with Crippen molar-refractivity contribution < 1.29 is 13.8 Å². The van der Waals surface area contributed by atoms with Crippen LogP contribution in [0, 0.1) is 0 Å². The van der Waals surface area contributed by atoms with Crippen molar-refractivity contribution in [1.82, 2.24) is 0 Å². The maximum atomic E-state index is 10.6. The molecule has 3 nitrogen and oxygen atoms in total. The summed E-state index contributed by atoms with van der Waals surface area (Å²) in [6.45, 7) is -3.00. The van der Waals surface area contributed by atoms with E-state index in [4.69, 9.17) is 16.1 Å². The van der Waals surface area contributed by atoms with Gasteiger partial charge in [-0.3, -0.25) is 0 Å². The van der Waals surface area contributed by atoms with Gasteiger partial charge in [0.05, 0.1) is 6.16 Å². The lowest BCUT2D eigenvalue weighted by Crippen LogP contribution is -1.87. The number of hydrogen-bond donors (Lipinski definition) is 2. The fourth-order valence-corrected chi connectivity index (χ4v) is 5.25. The van der Waals surface area contributed by atoms with Crippen molar-refractivity contribution in [3.63, 3.8) is 0 Å². The van der Waals surface area contributed by atoms with Crippen LogP contribution in [0.2, 0.25) is 0 Å². The summed E-state index contributed by atoms with van der Waals surface area (Å²) in [5.41, 5.74) is 0.864. The van der Waals surface area contributed by atoms with Crippen molar-refractivity contribution in [2.75, 3.05) is 0 Å². The Labute approximate surface area is 93.7 Å². The van der Waals surface area contributed by atoms with Gasteiger partial charge in [-0.15, -0.1) is 0 Å². The van der Waals surface area contributed by atoms with Crippen LogP contribution in [0.15, 0.2) is 30.3 Å². The molecule has 7 heteroatoms. The SMILES string of the molecule is O=[P+](S)OP(O)(=S)Cc1ccccc1. The number of benzene rings is 1. The Kier molecular flexibility index (Phi) is 4.71. The molecule has 0 aliphatic carbocycles. The molecule has 14 heavy (non-hydrogen) atoms. The molecule has 1 N–H and O–H groups in total. The standard InChI is InChI=1S/C7H8O3P2S2/c8-11(13)10-12(9,14)6-7-4-2-1-3-5-7/h1-5H,6H2,(H-,8,9,13,14)/p+1. The highest BCUT2D eigenvalue weighted by molar-refractivity contribution is 8.40. The molecule has 1 rings (SSSR count). The van der Waals surface area contributed by atoms with Crippen molar-refractivity contribution in [1.29, 1.82) is 0 Å². The maximum Gasteiger partial charge on any atom is 0.588 e. The van der Waals surface area contributed by atoms with Crippen LogP contribution in [0.3, 0.4) is 0 Å². The smallest absolute Gasteiger partial charge is 0.342 e. The van der Waals surface area contributed by atoms with E-state index in [-0.39, 0.29) is 6.16 Å². The summed E-state index contributed by atoms with van der Waals surface area (Å²) >= 11 is 8.36. The molecule has 1 aromatic rings. The summed E-state index contributed by atoms with van der Waals surface area (Å²) in [4.78, 5) is 9.61. The lowest BCUT2D eigenvalue weighted by atomic mass is 10.2. The minimum absolute atomic E-state index is 0.213. The van der Waals surface area contributed by atoms with E-state index in [9.17, 15) is 9.46 Å². The van der Waals surface area contributed by atoms with Crippen molar-refractivity contribution in [2.24, 2.45) is 0 Å². The van der Waals surface area contributed by atoms with Gasteiger partial charge in [0.15, 0.2) is 0 Å². The average molecular weight is 267 g/mol. The molecule has 0 aliphatic heterocycles.